The zero-order chi connectivity index (χ0) is 26.0. The minimum atomic E-state index is -4.38. The highest BCUT2D eigenvalue weighted by Crippen LogP contribution is 2.31. The average molecular weight is 488 g/mol. The van der Waals surface area contributed by atoms with Crippen molar-refractivity contribution < 1.29 is 32.2 Å². The number of rotatable bonds is 8. The molecule has 8 heteroatoms. The van der Waals surface area contributed by atoms with Gasteiger partial charge < -0.3 is 15.2 Å². The SMILES string of the molecule is CC.COC(=O)CC(N)c1ccc(OCc2cccc(-c3ccc(C(F)(F)F)cc3)c2)cc1C=O. The first-order valence-corrected chi connectivity index (χ1v) is 11.0. The van der Waals surface area contributed by atoms with Crippen molar-refractivity contribution in [2.45, 2.75) is 39.1 Å². The van der Waals surface area contributed by atoms with Crippen LogP contribution in [0, 0.1) is 0 Å². The van der Waals surface area contributed by atoms with Crippen molar-refractivity contribution >= 4 is 12.3 Å². The number of carbonyl (C=O) groups excluding carboxylic acids is 2. The molecule has 1 unspecified atom stereocenters. The minimum Gasteiger partial charge on any atom is -0.489 e. The number of ether oxygens (including phenoxy) is 2. The fraction of sp³-hybridized carbons (Fsp3) is 0.259. The largest absolute Gasteiger partial charge is 0.489 e. The normalized spacial score (nSPS) is 11.6. The summed E-state index contributed by atoms with van der Waals surface area (Å²) in [6, 6.07) is 16.3. The Morgan fingerprint density at radius 1 is 1.00 bits per heavy atom. The number of halogens is 3. The summed E-state index contributed by atoms with van der Waals surface area (Å²) in [6.07, 6.45) is -3.80. The maximum atomic E-state index is 12.8. The molecule has 0 amide bonds. The number of esters is 1. The second-order valence-corrected chi connectivity index (χ2v) is 7.36. The number of benzene rings is 3. The monoisotopic (exact) mass is 487 g/mol. The zero-order valence-electron chi connectivity index (χ0n) is 19.8. The van der Waals surface area contributed by atoms with Crippen molar-refractivity contribution in [2.75, 3.05) is 7.11 Å². The molecule has 35 heavy (non-hydrogen) atoms. The van der Waals surface area contributed by atoms with E-state index in [1.165, 1.54) is 19.2 Å². The molecule has 2 N–H and O–H groups in total. The smallest absolute Gasteiger partial charge is 0.416 e. The number of carbonyl (C=O) groups is 2. The van der Waals surface area contributed by atoms with Gasteiger partial charge in [-0.1, -0.05) is 50.2 Å². The molecule has 0 bridgehead atoms. The van der Waals surface area contributed by atoms with E-state index in [0.717, 1.165) is 23.3 Å². The van der Waals surface area contributed by atoms with Gasteiger partial charge in [0, 0.05) is 11.6 Å². The number of hydrogen-bond acceptors (Lipinski definition) is 5. The van der Waals surface area contributed by atoms with Gasteiger partial charge in [0.05, 0.1) is 19.1 Å². The third-order valence-corrected chi connectivity index (χ3v) is 5.08. The fourth-order valence-electron chi connectivity index (χ4n) is 3.31. The Hall–Kier alpha value is -3.65. The van der Waals surface area contributed by atoms with Gasteiger partial charge in [-0.2, -0.15) is 13.2 Å². The van der Waals surface area contributed by atoms with E-state index in [0.29, 0.717) is 28.7 Å². The molecular weight excluding hydrogens is 459 g/mol. The van der Waals surface area contributed by atoms with E-state index < -0.39 is 23.8 Å². The highest BCUT2D eigenvalue weighted by atomic mass is 19.4. The van der Waals surface area contributed by atoms with E-state index in [1.54, 1.807) is 30.3 Å². The summed E-state index contributed by atoms with van der Waals surface area (Å²) in [5, 5.41) is 0. The third kappa shape index (κ3) is 7.68. The van der Waals surface area contributed by atoms with E-state index in [9.17, 15) is 22.8 Å². The predicted molar refractivity (Wildman–Crippen MR) is 128 cm³/mol. The lowest BCUT2D eigenvalue weighted by atomic mass is 9.99. The molecule has 186 valence electrons. The van der Waals surface area contributed by atoms with Gasteiger partial charge in [-0.25, -0.2) is 0 Å². The molecule has 0 fully saturated rings. The second kappa shape index (κ2) is 12.7. The quantitative estimate of drug-likeness (QED) is 0.296. The Bertz CT molecular complexity index is 1130. The summed E-state index contributed by atoms with van der Waals surface area (Å²) >= 11 is 0. The molecule has 0 aliphatic carbocycles. The molecule has 0 saturated heterocycles. The second-order valence-electron chi connectivity index (χ2n) is 7.36. The van der Waals surface area contributed by atoms with Crippen LogP contribution in [0.15, 0.2) is 66.7 Å². The summed E-state index contributed by atoms with van der Waals surface area (Å²) in [5.41, 5.74) is 8.32. The van der Waals surface area contributed by atoms with Crippen LogP contribution in [0.2, 0.25) is 0 Å². The number of methoxy groups -OCH3 is 1. The van der Waals surface area contributed by atoms with Gasteiger partial charge in [0.15, 0.2) is 6.29 Å². The van der Waals surface area contributed by atoms with E-state index in [2.05, 4.69) is 4.74 Å². The van der Waals surface area contributed by atoms with Crippen LogP contribution < -0.4 is 10.5 Å². The highest BCUT2D eigenvalue weighted by Gasteiger charge is 2.30. The Morgan fingerprint density at radius 2 is 1.69 bits per heavy atom. The van der Waals surface area contributed by atoms with E-state index in [1.807, 2.05) is 26.0 Å². The Labute approximate surface area is 202 Å². The maximum Gasteiger partial charge on any atom is 0.416 e. The lowest BCUT2D eigenvalue weighted by Gasteiger charge is -2.15. The molecule has 3 aromatic rings. The Balaban J connectivity index is 0.00000210. The van der Waals surface area contributed by atoms with Gasteiger partial charge in [-0.05, 0) is 52.6 Å². The van der Waals surface area contributed by atoms with Crippen LogP contribution in [-0.4, -0.2) is 19.4 Å². The summed E-state index contributed by atoms with van der Waals surface area (Å²) in [6.45, 7) is 4.18. The predicted octanol–water partition coefficient (Wildman–Crippen LogP) is 6.35. The lowest BCUT2D eigenvalue weighted by Crippen LogP contribution is -2.17. The van der Waals surface area contributed by atoms with E-state index in [4.69, 9.17) is 10.5 Å². The molecule has 3 aromatic carbocycles. The van der Waals surface area contributed by atoms with E-state index in [-0.39, 0.29) is 13.0 Å². The summed E-state index contributed by atoms with van der Waals surface area (Å²) in [4.78, 5) is 23.0. The molecule has 0 aromatic heterocycles. The maximum absolute atomic E-state index is 12.8. The topological polar surface area (TPSA) is 78.6 Å². The molecule has 0 aliphatic rings. The molecule has 0 radical (unpaired) electrons. The zero-order valence-corrected chi connectivity index (χ0v) is 19.8. The Morgan fingerprint density at radius 3 is 2.29 bits per heavy atom. The summed E-state index contributed by atoms with van der Waals surface area (Å²) in [5.74, 6) is -0.0429. The van der Waals surface area contributed by atoms with Crippen LogP contribution in [0.5, 0.6) is 5.75 Å². The fourth-order valence-corrected chi connectivity index (χ4v) is 3.31. The molecule has 1 atom stereocenters. The Kier molecular flexibility index (Phi) is 10.0. The average Bonchev–Trinajstić information content (AvgIpc) is 2.88. The van der Waals surface area contributed by atoms with Crippen molar-refractivity contribution in [3.63, 3.8) is 0 Å². The molecule has 0 saturated carbocycles. The van der Waals surface area contributed by atoms with Gasteiger partial charge in [0.2, 0.25) is 0 Å². The van der Waals surface area contributed by atoms with Gasteiger partial charge in [0.25, 0.3) is 0 Å². The van der Waals surface area contributed by atoms with Crippen LogP contribution in [0.4, 0.5) is 13.2 Å². The molecule has 5 nitrogen and oxygen atoms in total. The number of aldehydes is 1. The van der Waals surface area contributed by atoms with Crippen LogP contribution in [0.25, 0.3) is 11.1 Å². The van der Waals surface area contributed by atoms with Gasteiger partial charge >= 0.3 is 12.1 Å². The third-order valence-electron chi connectivity index (χ3n) is 5.08. The van der Waals surface area contributed by atoms with Crippen molar-refractivity contribution in [2.24, 2.45) is 5.73 Å². The first kappa shape index (κ1) is 27.6. The van der Waals surface area contributed by atoms with Crippen LogP contribution in [0.1, 0.15) is 53.4 Å². The number of nitrogens with two attached hydrogens (primary N) is 1. The van der Waals surface area contributed by atoms with Crippen molar-refractivity contribution in [3.8, 4) is 16.9 Å². The van der Waals surface area contributed by atoms with Gasteiger partial charge in [-0.3, -0.25) is 9.59 Å². The van der Waals surface area contributed by atoms with Gasteiger partial charge in [-0.15, -0.1) is 0 Å². The summed E-state index contributed by atoms with van der Waals surface area (Å²) in [7, 11) is 1.26. The lowest BCUT2D eigenvalue weighted by molar-refractivity contribution is -0.141. The minimum absolute atomic E-state index is 0.0612. The van der Waals surface area contributed by atoms with Crippen molar-refractivity contribution in [1.82, 2.24) is 0 Å². The summed E-state index contributed by atoms with van der Waals surface area (Å²) < 4.78 is 48.7. The molecule has 3 rings (SSSR count). The standard InChI is InChI=1S/C25H22F3NO4.C2H6/c1-32-24(31)13-23(29)22-10-9-21(12-19(22)14-30)33-15-16-3-2-4-18(11-16)17-5-7-20(8-6-17)25(26,27)28;1-2/h2-12,14,23H,13,15,29H2,1H3;1-2H3. The first-order chi connectivity index (χ1) is 16.7. The van der Waals surface area contributed by atoms with Crippen LogP contribution >= 0.6 is 0 Å². The van der Waals surface area contributed by atoms with Crippen LogP contribution in [0.3, 0.4) is 0 Å². The van der Waals surface area contributed by atoms with Crippen molar-refractivity contribution in [3.05, 3.63) is 89.0 Å². The molecule has 0 heterocycles. The number of hydrogen-bond donors (Lipinski definition) is 1. The molecular formula is C27H28F3NO4. The molecule has 0 spiro atoms. The van der Waals surface area contributed by atoms with Gasteiger partial charge in [0.1, 0.15) is 12.4 Å². The number of alkyl halides is 3. The van der Waals surface area contributed by atoms with Crippen LogP contribution in [-0.2, 0) is 22.3 Å². The first-order valence-electron chi connectivity index (χ1n) is 11.0. The highest BCUT2D eigenvalue weighted by molar-refractivity contribution is 5.79. The van der Waals surface area contributed by atoms with Crippen molar-refractivity contribution in [1.29, 1.82) is 0 Å². The van der Waals surface area contributed by atoms with E-state index >= 15 is 0 Å². The molecule has 0 aliphatic heterocycles.